The molecule has 6 nitrogen and oxygen atoms in total. The van der Waals surface area contributed by atoms with Gasteiger partial charge in [-0.1, -0.05) is 24.3 Å². The van der Waals surface area contributed by atoms with Crippen LogP contribution >= 0.6 is 0 Å². The second-order valence-electron chi connectivity index (χ2n) is 4.96. The van der Waals surface area contributed by atoms with Gasteiger partial charge in [0.05, 0.1) is 5.52 Å². The van der Waals surface area contributed by atoms with Crippen molar-refractivity contribution in [3.63, 3.8) is 0 Å². The normalized spacial score (nSPS) is 10.7. The summed E-state index contributed by atoms with van der Waals surface area (Å²) in [4.78, 5) is 23.7. The minimum atomic E-state index is -0.210. The second-order valence-corrected chi connectivity index (χ2v) is 4.96. The molecule has 3 rings (SSSR count). The fourth-order valence-corrected chi connectivity index (χ4v) is 2.32. The van der Waals surface area contributed by atoms with E-state index < -0.39 is 0 Å². The molecule has 0 fully saturated rings. The van der Waals surface area contributed by atoms with Crippen LogP contribution in [0.3, 0.4) is 0 Å². The van der Waals surface area contributed by atoms with Gasteiger partial charge in [-0.25, -0.2) is 0 Å². The molecular formula is C16H16N4O2. The van der Waals surface area contributed by atoms with Crippen molar-refractivity contribution in [1.82, 2.24) is 20.1 Å². The first-order valence-corrected chi connectivity index (χ1v) is 7.12. The van der Waals surface area contributed by atoms with Crippen LogP contribution in [-0.2, 0) is 6.54 Å². The maximum Gasteiger partial charge on any atom is 0.272 e. The molecule has 0 saturated heterocycles. The van der Waals surface area contributed by atoms with Crippen LogP contribution in [0.1, 0.15) is 16.9 Å². The molecule has 1 aromatic carbocycles. The Hall–Kier alpha value is -2.89. The van der Waals surface area contributed by atoms with Gasteiger partial charge in [0.25, 0.3) is 5.91 Å². The number of nitrogens with zero attached hydrogens (tertiary/aromatic N) is 2. The average molecular weight is 296 g/mol. The molecule has 0 radical (unpaired) electrons. The molecule has 0 unspecified atom stereocenters. The monoisotopic (exact) mass is 296 g/mol. The van der Waals surface area contributed by atoms with E-state index in [0.717, 1.165) is 10.9 Å². The van der Waals surface area contributed by atoms with E-state index in [4.69, 9.17) is 0 Å². The van der Waals surface area contributed by atoms with Crippen molar-refractivity contribution >= 4 is 16.8 Å². The minimum absolute atomic E-state index is 0.0351. The largest absolute Gasteiger partial charge is 0.351 e. The molecular weight excluding hydrogens is 280 g/mol. The quantitative estimate of drug-likeness (QED) is 0.701. The molecule has 0 bridgehead atoms. The topological polar surface area (TPSA) is 79.8 Å². The number of pyridine rings is 1. The van der Waals surface area contributed by atoms with Gasteiger partial charge in [0.15, 0.2) is 5.69 Å². The first-order valence-electron chi connectivity index (χ1n) is 7.12. The maximum absolute atomic E-state index is 12.1. The lowest BCUT2D eigenvalue weighted by Crippen LogP contribution is -2.27. The van der Waals surface area contributed by atoms with Gasteiger partial charge >= 0.3 is 0 Å². The minimum Gasteiger partial charge on any atom is -0.351 e. The Kier molecular flexibility index (Phi) is 4.00. The first kappa shape index (κ1) is 14.1. The average Bonchev–Trinajstić information content (AvgIpc) is 2.97. The Bertz CT molecular complexity index is 850. The predicted molar refractivity (Wildman–Crippen MR) is 83.7 cm³/mol. The van der Waals surface area contributed by atoms with E-state index >= 15 is 0 Å². The van der Waals surface area contributed by atoms with Crippen LogP contribution < -0.4 is 10.9 Å². The van der Waals surface area contributed by atoms with Gasteiger partial charge in [0.1, 0.15) is 0 Å². The van der Waals surface area contributed by atoms with E-state index in [2.05, 4.69) is 15.5 Å². The Morgan fingerprint density at radius 1 is 1.18 bits per heavy atom. The van der Waals surface area contributed by atoms with E-state index in [-0.39, 0.29) is 11.5 Å². The number of nitrogens with one attached hydrogen (secondary N) is 2. The number of hydrogen-bond acceptors (Lipinski definition) is 3. The first-order chi connectivity index (χ1) is 10.8. The van der Waals surface area contributed by atoms with Crippen LogP contribution in [0.15, 0.2) is 53.5 Å². The van der Waals surface area contributed by atoms with Crippen LogP contribution in [0.4, 0.5) is 0 Å². The van der Waals surface area contributed by atoms with Crippen molar-refractivity contribution < 1.29 is 4.79 Å². The zero-order valence-corrected chi connectivity index (χ0v) is 12.0. The summed E-state index contributed by atoms with van der Waals surface area (Å²) in [6.45, 7) is 1.06. The lowest BCUT2D eigenvalue weighted by molar-refractivity contribution is 0.0949. The summed E-state index contributed by atoms with van der Waals surface area (Å²) in [6.07, 6.45) is 2.42. The number of para-hydroxylation sites is 1. The van der Waals surface area contributed by atoms with Crippen molar-refractivity contribution in [3.8, 4) is 0 Å². The number of aromatic amines is 1. The molecule has 2 aromatic heterocycles. The summed E-state index contributed by atoms with van der Waals surface area (Å²) in [5.74, 6) is -0.210. The highest BCUT2D eigenvalue weighted by atomic mass is 16.2. The standard InChI is InChI=1S/C16H16N4O2/c21-14-8-3-4-10-20(14)11-5-9-17-16(22)15-12-6-1-2-7-13(12)18-19-15/h1-4,6-8,10H,5,9,11H2,(H,17,22)(H,18,19). The number of H-pyrrole nitrogens is 1. The second kappa shape index (κ2) is 6.26. The van der Waals surface area contributed by atoms with Crippen LogP contribution in [0.2, 0.25) is 0 Å². The van der Waals surface area contributed by atoms with Crippen LogP contribution in [0, 0.1) is 0 Å². The van der Waals surface area contributed by atoms with Gasteiger partial charge in [-0.2, -0.15) is 5.10 Å². The Labute approximate surface area is 126 Å². The number of rotatable bonds is 5. The Balaban J connectivity index is 1.57. The fourth-order valence-electron chi connectivity index (χ4n) is 2.32. The van der Waals surface area contributed by atoms with E-state index in [1.54, 1.807) is 16.8 Å². The predicted octanol–water partition coefficient (Wildman–Crippen LogP) is 1.54. The van der Waals surface area contributed by atoms with E-state index in [9.17, 15) is 9.59 Å². The van der Waals surface area contributed by atoms with Crippen LogP contribution in [-0.4, -0.2) is 27.2 Å². The van der Waals surface area contributed by atoms with E-state index in [1.807, 2.05) is 30.3 Å². The van der Waals surface area contributed by atoms with Crippen molar-refractivity contribution in [2.75, 3.05) is 6.54 Å². The summed E-state index contributed by atoms with van der Waals surface area (Å²) >= 11 is 0. The summed E-state index contributed by atoms with van der Waals surface area (Å²) in [6, 6.07) is 12.5. The number of benzene rings is 1. The molecule has 0 aliphatic heterocycles. The molecule has 3 aromatic rings. The number of carbonyl (C=O) groups excluding carboxylic acids is 1. The Morgan fingerprint density at radius 2 is 2.00 bits per heavy atom. The lowest BCUT2D eigenvalue weighted by atomic mass is 10.2. The van der Waals surface area contributed by atoms with Crippen molar-refractivity contribution in [2.24, 2.45) is 0 Å². The Morgan fingerprint density at radius 3 is 2.86 bits per heavy atom. The van der Waals surface area contributed by atoms with E-state index in [0.29, 0.717) is 25.2 Å². The lowest BCUT2D eigenvalue weighted by Gasteiger charge is -2.06. The van der Waals surface area contributed by atoms with Gasteiger partial charge in [0.2, 0.25) is 5.56 Å². The van der Waals surface area contributed by atoms with Gasteiger partial charge < -0.3 is 9.88 Å². The number of fused-ring (bicyclic) bond motifs is 1. The third-order valence-electron chi connectivity index (χ3n) is 3.45. The SMILES string of the molecule is O=C(NCCCn1ccccc1=O)c1n[nH]c2ccccc12. The highest BCUT2D eigenvalue weighted by Gasteiger charge is 2.12. The van der Waals surface area contributed by atoms with Gasteiger partial charge in [-0.05, 0) is 18.6 Å². The molecule has 2 heterocycles. The number of hydrogen-bond donors (Lipinski definition) is 2. The highest BCUT2D eigenvalue weighted by Crippen LogP contribution is 2.14. The molecule has 2 N–H and O–H groups in total. The number of aromatic nitrogens is 3. The van der Waals surface area contributed by atoms with E-state index in [1.165, 1.54) is 6.07 Å². The van der Waals surface area contributed by atoms with Crippen molar-refractivity contribution in [1.29, 1.82) is 0 Å². The number of aryl methyl sites for hydroxylation is 1. The zero-order valence-electron chi connectivity index (χ0n) is 12.0. The fraction of sp³-hybridized carbons (Fsp3) is 0.188. The third-order valence-corrected chi connectivity index (χ3v) is 3.45. The molecule has 0 atom stereocenters. The third kappa shape index (κ3) is 2.90. The number of amides is 1. The van der Waals surface area contributed by atoms with Gasteiger partial charge in [-0.3, -0.25) is 14.7 Å². The molecule has 0 aliphatic rings. The molecule has 0 spiro atoms. The molecule has 22 heavy (non-hydrogen) atoms. The summed E-state index contributed by atoms with van der Waals surface area (Å²) in [7, 11) is 0. The number of carbonyl (C=O) groups is 1. The zero-order chi connectivity index (χ0) is 15.4. The van der Waals surface area contributed by atoms with Crippen molar-refractivity contribution in [2.45, 2.75) is 13.0 Å². The molecule has 0 aliphatic carbocycles. The molecule has 112 valence electrons. The summed E-state index contributed by atoms with van der Waals surface area (Å²) in [5, 5.41) is 10.5. The van der Waals surface area contributed by atoms with Gasteiger partial charge in [0, 0.05) is 30.7 Å². The summed E-state index contributed by atoms with van der Waals surface area (Å²) in [5.41, 5.74) is 1.20. The smallest absolute Gasteiger partial charge is 0.272 e. The van der Waals surface area contributed by atoms with Crippen molar-refractivity contribution in [3.05, 3.63) is 64.7 Å². The highest BCUT2D eigenvalue weighted by molar-refractivity contribution is 6.04. The maximum atomic E-state index is 12.1. The van der Waals surface area contributed by atoms with Crippen LogP contribution in [0.25, 0.3) is 10.9 Å². The van der Waals surface area contributed by atoms with Gasteiger partial charge in [-0.15, -0.1) is 0 Å². The molecule has 1 amide bonds. The molecule has 0 saturated carbocycles. The van der Waals surface area contributed by atoms with Crippen LogP contribution in [0.5, 0.6) is 0 Å². The molecule has 6 heteroatoms. The summed E-state index contributed by atoms with van der Waals surface area (Å²) < 4.78 is 1.62.